The van der Waals surface area contributed by atoms with Gasteiger partial charge in [-0.15, -0.1) is 0 Å². The first-order valence-corrected chi connectivity index (χ1v) is 7.83. The Morgan fingerprint density at radius 1 is 1.23 bits per heavy atom. The van der Waals surface area contributed by atoms with Crippen molar-refractivity contribution in [3.63, 3.8) is 0 Å². The van der Waals surface area contributed by atoms with E-state index >= 15 is 0 Å². The van der Waals surface area contributed by atoms with E-state index in [9.17, 15) is 0 Å². The van der Waals surface area contributed by atoms with Crippen LogP contribution in [0.1, 0.15) is 6.92 Å². The molecule has 0 saturated carbocycles. The maximum absolute atomic E-state index is 5.37. The molecule has 13 heavy (non-hydrogen) atoms. The van der Waals surface area contributed by atoms with E-state index in [1.807, 2.05) is 19.1 Å². The molecule has 71 valence electrons. The summed E-state index contributed by atoms with van der Waals surface area (Å²) in [5.74, 6) is 0.949. The molecule has 1 rings (SSSR count). The second kappa shape index (κ2) is 3.96. The number of rotatable bonds is 3. The van der Waals surface area contributed by atoms with Gasteiger partial charge in [0.15, 0.2) is 0 Å². The summed E-state index contributed by atoms with van der Waals surface area (Å²) in [6.07, 6.45) is 0. The first kappa shape index (κ1) is 10.3. The molecule has 0 aliphatic carbocycles. The molecule has 0 aromatic heterocycles. The van der Waals surface area contributed by atoms with E-state index < -0.39 is 8.07 Å². The van der Waals surface area contributed by atoms with Crippen molar-refractivity contribution in [3.05, 3.63) is 30.8 Å². The first-order valence-electron chi connectivity index (χ1n) is 4.62. The van der Waals surface area contributed by atoms with Crippen molar-refractivity contribution in [2.45, 2.75) is 20.0 Å². The summed E-state index contributed by atoms with van der Waals surface area (Å²) in [7, 11) is -1.38. The fourth-order valence-electron chi connectivity index (χ4n) is 1.17. The van der Waals surface area contributed by atoms with Crippen LogP contribution in [0.5, 0.6) is 5.75 Å². The Labute approximate surface area is 81.8 Å². The highest BCUT2D eigenvalue weighted by Crippen LogP contribution is 2.09. The molecule has 2 heteroatoms. The van der Waals surface area contributed by atoms with Crippen molar-refractivity contribution < 1.29 is 4.74 Å². The number of hydrogen-bond acceptors (Lipinski definition) is 1. The van der Waals surface area contributed by atoms with Gasteiger partial charge >= 0.3 is 0 Å². The van der Waals surface area contributed by atoms with Crippen LogP contribution < -0.4 is 9.92 Å². The number of hydrogen-bond donors (Lipinski definition) is 0. The molecular formula is C11H17OSi. The Hall–Kier alpha value is -0.763. The fourth-order valence-corrected chi connectivity index (χ4v) is 2.24. The average Bonchev–Trinajstić information content (AvgIpc) is 2.04. The number of ether oxygens (including phenoxy) is 1. The zero-order chi connectivity index (χ0) is 9.90. The summed E-state index contributed by atoms with van der Waals surface area (Å²) in [6.45, 7) is 11.4. The van der Waals surface area contributed by atoms with Crippen LogP contribution in [0.4, 0.5) is 0 Å². The highest BCUT2D eigenvalue weighted by molar-refractivity contribution is 6.91. The van der Waals surface area contributed by atoms with E-state index in [1.54, 1.807) is 0 Å². The Bertz CT molecular complexity index is 258. The molecule has 0 amide bonds. The van der Waals surface area contributed by atoms with Crippen LogP contribution in [0.3, 0.4) is 0 Å². The van der Waals surface area contributed by atoms with Gasteiger partial charge in [0.25, 0.3) is 0 Å². The smallest absolute Gasteiger partial charge is 0.119 e. The molecule has 0 fully saturated rings. The SMILES string of the molecule is [CH2][Si](C)(C)c1ccc(OCC)cc1. The van der Waals surface area contributed by atoms with E-state index in [-0.39, 0.29) is 0 Å². The summed E-state index contributed by atoms with van der Waals surface area (Å²) >= 11 is 0. The first-order chi connectivity index (χ1) is 6.04. The van der Waals surface area contributed by atoms with Crippen LogP contribution in [-0.4, -0.2) is 14.7 Å². The lowest BCUT2D eigenvalue weighted by Gasteiger charge is -2.16. The lowest BCUT2D eigenvalue weighted by atomic mass is 10.3. The fraction of sp³-hybridized carbons (Fsp3) is 0.364. The third-order valence-electron chi connectivity index (χ3n) is 1.95. The molecule has 0 N–H and O–H groups in total. The van der Waals surface area contributed by atoms with E-state index in [2.05, 4.69) is 31.8 Å². The second-order valence-electron chi connectivity index (χ2n) is 3.84. The zero-order valence-corrected chi connectivity index (χ0v) is 9.63. The molecule has 0 saturated heterocycles. The summed E-state index contributed by atoms with van der Waals surface area (Å²) in [4.78, 5) is 0. The molecule has 1 nitrogen and oxygen atoms in total. The van der Waals surface area contributed by atoms with Gasteiger partial charge in [-0.2, -0.15) is 0 Å². The Kier molecular flexibility index (Phi) is 3.15. The Morgan fingerprint density at radius 2 is 1.77 bits per heavy atom. The van der Waals surface area contributed by atoms with Crippen LogP contribution >= 0.6 is 0 Å². The second-order valence-corrected chi connectivity index (χ2v) is 8.19. The largest absolute Gasteiger partial charge is 0.494 e. The molecule has 0 spiro atoms. The maximum atomic E-state index is 5.37. The highest BCUT2D eigenvalue weighted by Gasteiger charge is 2.15. The van der Waals surface area contributed by atoms with Crippen molar-refractivity contribution in [2.75, 3.05) is 6.61 Å². The Balaban J connectivity index is 2.81. The molecule has 0 heterocycles. The molecule has 1 radical (unpaired) electrons. The summed E-state index contributed by atoms with van der Waals surface area (Å²) in [5.41, 5.74) is 0. The normalized spacial score (nSPS) is 11.4. The van der Waals surface area contributed by atoms with Crippen LogP contribution in [0.25, 0.3) is 0 Å². The molecule has 0 aliphatic rings. The quantitative estimate of drug-likeness (QED) is 0.670. The lowest BCUT2D eigenvalue weighted by molar-refractivity contribution is 0.340. The predicted molar refractivity (Wildman–Crippen MR) is 60.1 cm³/mol. The van der Waals surface area contributed by atoms with E-state index in [0.29, 0.717) is 0 Å². The minimum atomic E-state index is -1.38. The van der Waals surface area contributed by atoms with Crippen molar-refractivity contribution in [2.24, 2.45) is 0 Å². The highest BCUT2D eigenvalue weighted by atomic mass is 28.3. The van der Waals surface area contributed by atoms with Crippen molar-refractivity contribution in [3.8, 4) is 5.75 Å². The van der Waals surface area contributed by atoms with Crippen molar-refractivity contribution in [1.29, 1.82) is 0 Å². The predicted octanol–water partition coefficient (Wildman–Crippen LogP) is 2.37. The lowest BCUT2D eigenvalue weighted by Crippen LogP contribution is -2.38. The molecular weight excluding hydrogens is 176 g/mol. The Morgan fingerprint density at radius 3 is 2.15 bits per heavy atom. The monoisotopic (exact) mass is 193 g/mol. The molecule has 0 atom stereocenters. The summed E-state index contributed by atoms with van der Waals surface area (Å²) in [6, 6.07) is 8.31. The molecule has 0 unspecified atom stereocenters. The van der Waals surface area contributed by atoms with E-state index in [1.165, 1.54) is 5.19 Å². The standard InChI is InChI=1S/C11H17OSi/c1-5-12-10-6-8-11(9-7-10)13(2,3)4/h6-9H,2,5H2,1,3-4H3. The summed E-state index contributed by atoms with van der Waals surface area (Å²) < 4.78 is 5.37. The molecule has 0 bridgehead atoms. The summed E-state index contributed by atoms with van der Waals surface area (Å²) in [5, 5.41) is 1.37. The van der Waals surface area contributed by atoms with Crippen LogP contribution in [0, 0.1) is 6.55 Å². The van der Waals surface area contributed by atoms with E-state index in [4.69, 9.17) is 4.74 Å². The molecule has 1 aromatic carbocycles. The third kappa shape index (κ3) is 2.88. The van der Waals surface area contributed by atoms with Gasteiger partial charge in [0.1, 0.15) is 5.75 Å². The van der Waals surface area contributed by atoms with Crippen LogP contribution in [0.15, 0.2) is 24.3 Å². The molecule has 1 aromatic rings. The van der Waals surface area contributed by atoms with E-state index in [0.717, 1.165) is 12.4 Å². The van der Waals surface area contributed by atoms with Gasteiger partial charge in [0, 0.05) is 0 Å². The van der Waals surface area contributed by atoms with Gasteiger partial charge in [-0.1, -0.05) is 37.0 Å². The van der Waals surface area contributed by atoms with Gasteiger partial charge in [-0.05, 0) is 19.1 Å². The minimum absolute atomic E-state index is 0.727. The molecule has 0 aliphatic heterocycles. The average molecular weight is 193 g/mol. The van der Waals surface area contributed by atoms with Gasteiger partial charge < -0.3 is 4.74 Å². The van der Waals surface area contributed by atoms with Gasteiger partial charge in [-0.25, -0.2) is 0 Å². The van der Waals surface area contributed by atoms with Gasteiger partial charge in [-0.3, -0.25) is 0 Å². The van der Waals surface area contributed by atoms with Gasteiger partial charge in [0.2, 0.25) is 0 Å². The number of benzene rings is 1. The minimum Gasteiger partial charge on any atom is -0.494 e. The van der Waals surface area contributed by atoms with Gasteiger partial charge in [0.05, 0.1) is 14.7 Å². The third-order valence-corrected chi connectivity index (χ3v) is 3.84. The van der Waals surface area contributed by atoms with Crippen molar-refractivity contribution >= 4 is 13.3 Å². The zero-order valence-electron chi connectivity index (χ0n) is 8.63. The maximum Gasteiger partial charge on any atom is 0.119 e. The van der Waals surface area contributed by atoms with Crippen molar-refractivity contribution in [1.82, 2.24) is 0 Å². The van der Waals surface area contributed by atoms with Crippen LogP contribution in [0.2, 0.25) is 13.1 Å². The topological polar surface area (TPSA) is 9.23 Å². The van der Waals surface area contributed by atoms with Crippen LogP contribution in [-0.2, 0) is 0 Å².